The molecule has 0 amide bonds. The van der Waals surface area contributed by atoms with Gasteiger partial charge in [0.15, 0.2) is 0 Å². The van der Waals surface area contributed by atoms with Crippen molar-refractivity contribution < 1.29 is 9.53 Å². The topological polar surface area (TPSA) is 26.3 Å². The highest BCUT2D eigenvalue weighted by atomic mass is 79.9. The molecule has 50 valence electrons. The zero-order chi connectivity index (χ0) is 5.70. The van der Waals surface area contributed by atoms with Gasteiger partial charge in [0.05, 0.1) is 0 Å². The van der Waals surface area contributed by atoms with E-state index in [1.165, 1.54) is 6.92 Å². The maximum atomic E-state index is 9.96. The first-order valence-corrected chi connectivity index (χ1v) is 3.09. The molecule has 0 aromatic heterocycles. The molecule has 0 saturated heterocycles. The summed E-state index contributed by atoms with van der Waals surface area (Å²) in [6.45, 7) is 1.86. The van der Waals surface area contributed by atoms with Crippen molar-refractivity contribution in [1.82, 2.24) is 0 Å². The van der Waals surface area contributed by atoms with E-state index >= 15 is 0 Å². The average Bonchev–Trinajstić information content (AvgIpc) is 1.61. The van der Waals surface area contributed by atoms with Crippen molar-refractivity contribution >= 4 is 21.9 Å². The minimum Gasteiger partial charge on any atom is -0.465 e. The molecule has 0 aliphatic heterocycles. The Morgan fingerprint density at radius 1 is 1.75 bits per heavy atom. The fourth-order valence-electron chi connectivity index (χ4n) is 0.182. The average molecular weight is 183 g/mol. The lowest BCUT2D eigenvalue weighted by molar-refractivity contribution is -0.140. The Kier molecular flexibility index (Phi) is 9.42. The molecule has 0 aromatic carbocycles. The van der Waals surface area contributed by atoms with Gasteiger partial charge < -0.3 is 4.74 Å². The number of hydrogen-bond acceptors (Lipinski definition) is 2. The molecule has 8 heavy (non-hydrogen) atoms. The van der Waals surface area contributed by atoms with E-state index in [-0.39, 0.29) is 13.4 Å². The number of hydrogen-bond donors (Lipinski definition) is 0. The molecule has 0 radical (unpaired) electrons. The van der Waals surface area contributed by atoms with Gasteiger partial charge in [-0.15, -0.1) is 0 Å². The van der Waals surface area contributed by atoms with Crippen molar-refractivity contribution in [3.8, 4) is 0 Å². The van der Waals surface area contributed by atoms with Crippen molar-refractivity contribution in [1.29, 1.82) is 0 Å². The molecule has 2 nitrogen and oxygen atoms in total. The molecule has 0 rings (SSSR count). The van der Waals surface area contributed by atoms with Gasteiger partial charge in [-0.05, 0) is 0 Å². The minimum absolute atomic E-state index is 0. The summed E-state index contributed by atoms with van der Waals surface area (Å²) >= 11 is 3.10. The molecule has 0 heterocycles. The molecule has 0 atom stereocenters. The van der Waals surface area contributed by atoms with Crippen LogP contribution in [0.4, 0.5) is 0 Å². The fourth-order valence-corrected chi connectivity index (χ4v) is 0.344. The first-order valence-electron chi connectivity index (χ1n) is 1.96. The van der Waals surface area contributed by atoms with E-state index in [4.69, 9.17) is 0 Å². The van der Waals surface area contributed by atoms with Crippen LogP contribution in [0.3, 0.4) is 0 Å². The second-order valence-electron chi connectivity index (χ2n) is 1.03. The Morgan fingerprint density at radius 3 is 2.38 bits per heavy atom. The Bertz CT molecular complexity index is 63.4. The van der Waals surface area contributed by atoms with E-state index in [0.29, 0.717) is 11.9 Å². The van der Waals surface area contributed by atoms with Crippen molar-refractivity contribution in [3.05, 3.63) is 0 Å². The van der Waals surface area contributed by atoms with Crippen LogP contribution in [-0.4, -0.2) is 17.9 Å². The second-order valence-corrected chi connectivity index (χ2v) is 1.82. The van der Waals surface area contributed by atoms with Gasteiger partial charge in [-0.1, -0.05) is 23.4 Å². The highest BCUT2D eigenvalue weighted by molar-refractivity contribution is 9.09. The Hall–Kier alpha value is -0.0500. The van der Waals surface area contributed by atoms with Gasteiger partial charge in [0.2, 0.25) is 0 Å². The van der Waals surface area contributed by atoms with E-state index < -0.39 is 0 Å². The van der Waals surface area contributed by atoms with Crippen molar-refractivity contribution in [2.24, 2.45) is 0 Å². The second kappa shape index (κ2) is 6.95. The molecule has 0 bridgehead atoms. The Balaban J connectivity index is 0. The van der Waals surface area contributed by atoms with Gasteiger partial charge in [0.25, 0.3) is 0 Å². The lowest BCUT2D eigenvalue weighted by Crippen LogP contribution is -2.00. The molecule has 3 heteroatoms. The number of carbonyl (C=O) groups is 1. The molecule has 0 saturated carbocycles. The summed E-state index contributed by atoms with van der Waals surface area (Å²) < 4.78 is 4.51. The summed E-state index contributed by atoms with van der Waals surface area (Å²) in [5.74, 6) is -0.223. The monoisotopic (exact) mass is 182 g/mol. The van der Waals surface area contributed by atoms with Crippen LogP contribution in [-0.2, 0) is 9.53 Å². The van der Waals surface area contributed by atoms with E-state index in [1.807, 2.05) is 0 Å². The molecular formula is C5H11BrO2. The van der Waals surface area contributed by atoms with Crippen molar-refractivity contribution in [2.45, 2.75) is 14.4 Å². The maximum Gasteiger partial charge on any atom is 0.302 e. The highest BCUT2D eigenvalue weighted by Gasteiger charge is 1.86. The van der Waals surface area contributed by atoms with Crippen LogP contribution >= 0.6 is 15.9 Å². The first-order chi connectivity index (χ1) is 3.27. The van der Waals surface area contributed by atoms with Crippen LogP contribution in [0.15, 0.2) is 0 Å². The normalized spacial score (nSPS) is 7.25. The molecule has 0 spiro atoms. The van der Waals surface area contributed by atoms with E-state index in [2.05, 4.69) is 20.7 Å². The summed E-state index contributed by atoms with van der Waals surface area (Å²) in [6.07, 6.45) is 0. The van der Waals surface area contributed by atoms with Gasteiger partial charge in [-0.2, -0.15) is 0 Å². The lowest BCUT2D eigenvalue weighted by Gasteiger charge is -1.93. The van der Waals surface area contributed by atoms with Crippen LogP contribution in [0.1, 0.15) is 14.4 Å². The van der Waals surface area contributed by atoms with Gasteiger partial charge in [-0.25, -0.2) is 0 Å². The summed E-state index contributed by atoms with van der Waals surface area (Å²) in [5.41, 5.74) is 0. The third-order valence-electron chi connectivity index (χ3n) is 0.382. The molecule has 0 aliphatic carbocycles. The smallest absolute Gasteiger partial charge is 0.302 e. The minimum atomic E-state index is -0.223. The standard InChI is InChI=1S/C4H7BrO2.CH4/c1-4(6)7-3-2-5;/h2-3H2,1H3;1H4. The van der Waals surface area contributed by atoms with E-state index in [9.17, 15) is 4.79 Å². The molecular weight excluding hydrogens is 172 g/mol. The molecule has 0 fully saturated rings. The highest BCUT2D eigenvalue weighted by Crippen LogP contribution is 1.80. The Labute approximate surface area is 58.3 Å². The van der Waals surface area contributed by atoms with Gasteiger partial charge in [-0.3, -0.25) is 4.79 Å². The summed E-state index contributed by atoms with van der Waals surface area (Å²) in [7, 11) is 0. The number of carbonyl (C=O) groups excluding carboxylic acids is 1. The predicted octanol–water partition coefficient (Wildman–Crippen LogP) is 1.58. The van der Waals surface area contributed by atoms with Gasteiger partial charge in [0.1, 0.15) is 6.61 Å². The third-order valence-corrected chi connectivity index (χ3v) is 0.706. The molecule has 0 N–H and O–H groups in total. The zero-order valence-electron chi connectivity index (χ0n) is 4.11. The molecule has 0 aliphatic rings. The quantitative estimate of drug-likeness (QED) is 0.479. The zero-order valence-corrected chi connectivity index (χ0v) is 5.69. The van der Waals surface area contributed by atoms with Crippen LogP contribution < -0.4 is 0 Å². The summed E-state index contributed by atoms with van der Waals surface area (Å²) in [4.78, 5) is 9.96. The number of esters is 1. The van der Waals surface area contributed by atoms with Crippen molar-refractivity contribution in [2.75, 3.05) is 11.9 Å². The lowest BCUT2D eigenvalue weighted by atomic mass is 10.8. The fraction of sp³-hybridized carbons (Fsp3) is 0.800. The Morgan fingerprint density at radius 2 is 2.25 bits per heavy atom. The number of halogens is 1. The molecule has 0 unspecified atom stereocenters. The predicted molar refractivity (Wildman–Crippen MR) is 37.2 cm³/mol. The third kappa shape index (κ3) is 9.34. The van der Waals surface area contributed by atoms with Crippen LogP contribution in [0.25, 0.3) is 0 Å². The first kappa shape index (κ1) is 10.8. The summed E-state index contributed by atoms with van der Waals surface area (Å²) in [6, 6.07) is 0. The van der Waals surface area contributed by atoms with Crippen LogP contribution in [0, 0.1) is 0 Å². The summed E-state index contributed by atoms with van der Waals surface area (Å²) in [5, 5.41) is 0.715. The number of ether oxygens (including phenoxy) is 1. The van der Waals surface area contributed by atoms with Crippen molar-refractivity contribution in [3.63, 3.8) is 0 Å². The van der Waals surface area contributed by atoms with E-state index in [1.54, 1.807) is 0 Å². The van der Waals surface area contributed by atoms with E-state index in [0.717, 1.165) is 0 Å². The number of rotatable bonds is 2. The van der Waals surface area contributed by atoms with Gasteiger partial charge in [0, 0.05) is 12.3 Å². The maximum absolute atomic E-state index is 9.96. The SMILES string of the molecule is C.CC(=O)OCCBr. The largest absolute Gasteiger partial charge is 0.465 e. The number of alkyl halides is 1. The van der Waals surface area contributed by atoms with Crippen LogP contribution in [0.2, 0.25) is 0 Å². The van der Waals surface area contributed by atoms with Crippen LogP contribution in [0.5, 0.6) is 0 Å². The molecule has 0 aromatic rings. The van der Waals surface area contributed by atoms with Gasteiger partial charge >= 0.3 is 5.97 Å².